The van der Waals surface area contributed by atoms with Crippen molar-refractivity contribution in [1.82, 2.24) is 0 Å². The zero-order valence-corrected chi connectivity index (χ0v) is 11.1. The second kappa shape index (κ2) is 5.54. The van der Waals surface area contributed by atoms with Crippen LogP contribution < -0.4 is 4.90 Å². The quantitative estimate of drug-likeness (QED) is 0.662. The minimum Gasteiger partial charge on any atom is -0.394 e. The molecule has 6 nitrogen and oxygen atoms in total. The normalized spacial score (nSPS) is 23.4. The van der Waals surface area contributed by atoms with Gasteiger partial charge in [0.2, 0.25) is 0 Å². The summed E-state index contributed by atoms with van der Waals surface area (Å²) in [4.78, 5) is 12.5. The topological polar surface area (TPSA) is 75.8 Å². The molecule has 1 aliphatic heterocycles. The summed E-state index contributed by atoms with van der Waals surface area (Å²) in [6.45, 7) is 4.94. The van der Waals surface area contributed by atoms with Crippen LogP contribution in [-0.2, 0) is 4.74 Å². The van der Waals surface area contributed by atoms with Crippen LogP contribution >= 0.6 is 0 Å². The average Bonchev–Trinajstić information content (AvgIpc) is 2.40. The van der Waals surface area contributed by atoms with Gasteiger partial charge in [0, 0.05) is 30.4 Å². The summed E-state index contributed by atoms with van der Waals surface area (Å²) in [7, 11) is 0. The molecule has 2 atom stereocenters. The van der Waals surface area contributed by atoms with Gasteiger partial charge in [-0.1, -0.05) is 6.07 Å². The first-order valence-electron chi connectivity index (χ1n) is 6.27. The third-order valence-electron chi connectivity index (χ3n) is 3.42. The molecule has 1 aliphatic rings. The molecule has 6 heteroatoms. The van der Waals surface area contributed by atoms with Crippen molar-refractivity contribution in [2.45, 2.75) is 26.0 Å². The fourth-order valence-corrected chi connectivity index (χ4v) is 2.28. The van der Waals surface area contributed by atoms with Crippen molar-refractivity contribution in [2.24, 2.45) is 0 Å². The number of aliphatic hydroxyl groups excluding tert-OH is 1. The van der Waals surface area contributed by atoms with Gasteiger partial charge < -0.3 is 14.7 Å². The summed E-state index contributed by atoms with van der Waals surface area (Å²) < 4.78 is 5.48. The van der Waals surface area contributed by atoms with Gasteiger partial charge in [-0.2, -0.15) is 0 Å². The maximum atomic E-state index is 10.9. The minimum atomic E-state index is -0.391. The van der Waals surface area contributed by atoms with Gasteiger partial charge in [-0.05, 0) is 19.4 Å². The zero-order chi connectivity index (χ0) is 14.0. The van der Waals surface area contributed by atoms with Crippen LogP contribution in [0.15, 0.2) is 18.2 Å². The molecular formula is C13H18N2O4. The number of nitrogens with zero attached hydrogens (tertiary/aromatic N) is 2. The first-order chi connectivity index (χ1) is 9.02. The third kappa shape index (κ3) is 2.85. The van der Waals surface area contributed by atoms with Crippen LogP contribution in [0.4, 0.5) is 11.4 Å². The molecule has 0 aromatic heterocycles. The maximum absolute atomic E-state index is 10.9. The lowest BCUT2D eigenvalue weighted by Gasteiger charge is -2.39. The Balaban J connectivity index is 2.33. The smallest absolute Gasteiger partial charge is 0.271 e. The highest BCUT2D eigenvalue weighted by atomic mass is 16.6. The van der Waals surface area contributed by atoms with E-state index in [9.17, 15) is 15.2 Å². The second-order valence-corrected chi connectivity index (χ2v) is 4.87. The van der Waals surface area contributed by atoms with Crippen LogP contribution in [-0.4, -0.2) is 41.9 Å². The lowest BCUT2D eigenvalue weighted by molar-refractivity contribution is -0.384. The Morgan fingerprint density at radius 2 is 2.32 bits per heavy atom. The molecule has 0 bridgehead atoms. The molecule has 19 heavy (non-hydrogen) atoms. The lowest BCUT2D eigenvalue weighted by atomic mass is 10.1. The Labute approximate surface area is 111 Å². The van der Waals surface area contributed by atoms with Crippen molar-refractivity contribution in [1.29, 1.82) is 0 Å². The van der Waals surface area contributed by atoms with Gasteiger partial charge in [0.15, 0.2) is 0 Å². The van der Waals surface area contributed by atoms with Crippen LogP contribution in [0.25, 0.3) is 0 Å². The summed E-state index contributed by atoms with van der Waals surface area (Å²) in [6.07, 6.45) is -0.241. The molecule has 104 valence electrons. The monoisotopic (exact) mass is 266 g/mol. The van der Waals surface area contributed by atoms with Crippen LogP contribution in [0.1, 0.15) is 12.5 Å². The highest BCUT2D eigenvalue weighted by Gasteiger charge is 2.27. The van der Waals surface area contributed by atoms with Crippen molar-refractivity contribution >= 4 is 11.4 Å². The number of ether oxygens (including phenoxy) is 1. The molecule has 2 rings (SSSR count). The predicted octanol–water partition coefficient (Wildman–Crippen LogP) is 1.49. The van der Waals surface area contributed by atoms with Gasteiger partial charge in [-0.25, -0.2) is 0 Å². The fraction of sp³-hybridized carbons (Fsp3) is 0.538. The first-order valence-corrected chi connectivity index (χ1v) is 6.27. The van der Waals surface area contributed by atoms with Crippen molar-refractivity contribution in [2.75, 3.05) is 24.7 Å². The number of rotatable bonds is 3. The lowest BCUT2D eigenvalue weighted by Crippen LogP contribution is -2.49. The fourth-order valence-electron chi connectivity index (χ4n) is 2.28. The Morgan fingerprint density at radius 1 is 1.58 bits per heavy atom. The predicted molar refractivity (Wildman–Crippen MR) is 71.5 cm³/mol. The number of hydrogen-bond donors (Lipinski definition) is 1. The van der Waals surface area contributed by atoms with Crippen molar-refractivity contribution in [3.8, 4) is 0 Å². The first kappa shape index (κ1) is 13.8. The van der Waals surface area contributed by atoms with E-state index in [1.807, 2.05) is 13.8 Å². The minimum absolute atomic E-state index is 0.0444. The van der Waals surface area contributed by atoms with E-state index in [2.05, 4.69) is 4.90 Å². The molecule has 2 unspecified atom stereocenters. The summed E-state index contributed by atoms with van der Waals surface area (Å²) in [6, 6.07) is 4.98. The van der Waals surface area contributed by atoms with Crippen LogP contribution in [0.5, 0.6) is 0 Å². The average molecular weight is 266 g/mol. The van der Waals surface area contributed by atoms with E-state index in [1.165, 1.54) is 6.07 Å². The van der Waals surface area contributed by atoms with Gasteiger partial charge in [-0.15, -0.1) is 0 Å². The summed E-state index contributed by atoms with van der Waals surface area (Å²) in [5.41, 5.74) is 1.90. The van der Waals surface area contributed by atoms with Crippen molar-refractivity contribution in [3.63, 3.8) is 0 Å². The number of non-ortho nitro benzene ring substituents is 1. The van der Waals surface area contributed by atoms with E-state index in [0.29, 0.717) is 13.2 Å². The van der Waals surface area contributed by atoms with Gasteiger partial charge >= 0.3 is 0 Å². The van der Waals surface area contributed by atoms with E-state index in [0.717, 1.165) is 11.3 Å². The number of nitro benzene ring substituents is 1. The largest absolute Gasteiger partial charge is 0.394 e. The molecule has 1 saturated heterocycles. The molecule has 0 saturated carbocycles. The molecule has 0 aliphatic carbocycles. The standard InChI is InChI=1S/C13H18N2O4/c1-9-3-4-11(15(17)18)5-13(9)14-6-12(7-16)19-8-10(14)2/h3-5,10,12,16H,6-8H2,1-2H3. The molecule has 1 aromatic rings. The molecule has 1 N–H and O–H groups in total. The molecule has 1 aromatic carbocycles. The number of anilines is 1. The summed E-state index contributed by atoms with van der Waals surface area (Å²) in [5, 5.41) is 20.1. The Bertz CT molecular complexity index is 478. The Hall–Kier alpha value is -1.66. The Kier molecular flexibility index (Phi) is 4.01. The van der Waals surface area contributed by atoms with E-state index >= 15 is 0 Å². The van der Waals surface area contributed by atoms with Crippen LogP contribution in [0, 0.1) is 17.0 Å². The number of hydrogen-bond acceptors (Lipinski definition) is 5. The number of nitro groups is 1. The van der Waals surface area contributed by atoms with Gasteiger partial charge in [0.05, 0.1) is 24.2 Å². The van der Waals surface area contributed by atoms with E-state index in [4.69, 9.17) is 4.74 Å². The molecule has 0 amide bonds. The molecular weight excluding hydrogens is 248 g/mol. The number of benzene rings is 1. The molecule has 1 heterocycles. The SMILES string of the molecule is Cc1ccc([N+](=O)[O-])cc1N1CC(CO)OCC1C. The number of aryl methyl sites for hydroxylation is 1. The highest BCUT2D eigenvalue weighted by molar-refractivity contribution is 5.59. The van der Waals surface area contributed by atoms with Gasteiger partial charge in [-0.3, -0.25) is 10.1 Å². The maximum Gasteiger partial charge on any atom is 0.271 e. The summed E-state index contributed by atoms with van der Waals surface area (Å²) >= 11 is 0. The van der Waals surface area contributed by atoms with Crippen LogP contribution in [0.3, 0.4) is 0 Å². The zero-order valence-electron chi connectivity index (χ0n) is 11.1. The molecule has 0 radical (unpaired) electrons. The summed E-state index contributed by atoms with van der Waals surface area (Å²) in [5.74, 6) is 0. The van der Waals surface area contributed by atoms with Crippen molar-refractivity contribution in [3.05, 3.63) is 33.9 Å². The van der Waals surface area contributed by atoms with E-state index < -0.39 is 4.92 Å². The number of morpholine rings is 1. The van der Waals surface area contributed by atoms with Crippen molar-refractivity contribution < 1.29 is 14.8 Å². The molecule has 0 spiro atoms. The van der Waals surface area contributed by atoms with Gasteiger partial charge in [0.25, 0.3) is 5.69 Å². The third-order valence-corrected chi connectivity index (χ3v) is 3.42. The Morgan fingerprint density at radius 3 is 2.95 bits per heavy atom. The van der Waals surface area contributed by atoms with Gasteiger partial charge in [0.1, 0.15) is 0 Å². The van der Waals surface area contributed by atoms with Crippen LogP contribution in [0.2, 0.25) is 0 Å². The second-order valence-electron chi connectivity index (χ2n) is 4.87. The van der Waals surface area contributed by atoms with E-state index in [-0.39, 0.29) is 24.4 Å². The highest BCUT2D eigenvalue weighted by Crippen LogP contribution is 2.29. The number of aliphatic hydroxyl groups is 1. The molecule has 1 fully saturated rings. The van der Waals surface area contributed by atoms with E-state index in [1.54, 1.807) is 12.1 Å².